The number of aromatic carboxylic acids is 1. The third-order valence-electron chi connectivity index (χ3n) is 3.89. The van der Waals surface area contributed by atoms with E-state index in [1.54, 1.807) is 16.2 Å². The molecule has 0 atom stereocenters. The summed E-state index contributed by atoms with van der Waals surface area (Å²) >= 11 is 1.69. The molecule has 1 amide bonds. The molecule has 1 N–H and O–H groups in total. The highest BCUT2D eigenvalue weighted by Gasteiger charge is 2.25. The van der Waals surface area contributed by atoms with E-state index >= 15 is 0 Å². The zero-order chi connectivity index (χ0) is 15.5. The average Bonchev–Trinajstić information content (AvgIpc) is 3.09. The van der Waals surface area contributed by atoms with Crippen LogP contribution in [-0.4, -0.2) is 44.9 Å². The molecule has 3 rings (SSSR count). The Kier molecular flexibility index (Phi) is 4.15. The zero-order valence-electron chi connectivity index (χ0n) is 11.8. The number of aromatic nitrogens is 2. The predicted molar refractivity (Wildman–Crippen MR) is 81.2 cm³/mol. The lowest BCUT2D eigenvalue weighted by Crippen LogP contribution is -2.38. The fourth-order valence-electron chi connectivity index (χ4n) is 2.63. The van der Waals surface area contributed by atoms with Crippen LogP contribution in [0.5, 0.6) is 0 Å². The number of rotatable bonds is 3. The van der Waals surface area contributed by atoms with E-state index in [9.17, 15) is 9.59 Å². The summed E-state index contributed by atoms with van der Waals surface area (Å²) in [5.74, 6) is -0.827. The molecule has 114 valence electrons. The van der Waals surface area contributed by atoms with Crippen LogP contribution in [0.4, 0.5) is 0 Å². The van der Waals surface area contributed by atoms with Gasteiger partial charge >= 0.3 is 5.97 Å². The van der Waals surface area contributed by atoms with Crippen LogP contribution >= 0.6 is 11.3 Å². The summed E-state index contributed by atoms with van der Waals surface area (Å²) in [4.78, 5) is 32.5. The number of likely N-dealkylation sites (tertiary alicyclic amines) is 1. The molecule has 1 aliphatic heterocycles. The van der Waals surface area contributed by atoms with E-state index in [2.05, 4.69) is 26.8 Å². The molecule has 0 radical (unpaired) electrons. The van der Waals surface area contributed by atoms with Crippen molar-refractivity contribution in [2.75, 3.05) is 13.1 Å². The molecule has 7 heteroatoms. The Morgan fingerprint density at radius 2 is 1.86 bits per heavy atom. The number of carboxylic acids is 1. The highest BCUT2D eigenvalue weighted by Crippen LogP contribution is 2.29. The number of carboxylic acid groups (broad SMARTS) is 1. The van der Waals surface area contributed by atoms with E-state index in [1.807, 2.05) is 0 Å². The van der Waals surface area contributed by atoms with Crippen LogP contribution in [0.3, 0.4) is 0 Å². The maximum Gasteiger partial charge on any atom is 0.356 e. The van der Waals surface area contributed by atoms with Crippen molar-refractivity contribution in [1.82, 2.24) is 14.9 Å². The van der Waals surface area contributed by atoms with Crippen molar-refractivity contribution >= 4 is 23.2 Å². The molecular weight excluding hydrogens is 302 g/mol. The first-order chi connectivity index (χ1) is 10.6. The molecular formula is C15H15N3O3S. The minimum atomic E-state index is -1.15. The molecule has 0 spiro atoms. The predicted octanol–water partition coefficient (Wildman–Crippen LogP) is 2.26. The summed E-state index contributed by atoms with van der Waals surface area (Å²) in [7, 11) is 0. The van der Waals surface area contributed by atoms with Gasteiger partial charge in [-0.1, -0.05) is 0 Å². The van der Waals surface area contributed by atoms with Crippen LogP contribution in [0, 0.1) is 0 Å². The van der Waals surface area contributed by atoms with E-state index in [0.717, 1.165) is 19.0 Å². The molecule has 0 aromatic carbocycles. The second kappa shape index (κ2) is 6.23. The monoisotopic (exact) mass is 317 g/mol. The van der Waals surface area contributed by atoms with E-state index in [0.29, 0.717) is 19.0 Å². The van der Waals surface area contributed by atoms with Crippen molar-refractivity contribution in [2.45, 2.75) is 18.8 Å². The topological polar surface area (TPSA) is 83.4 Å². The molecule has 1 fully saturated rings. The number of hydrogen-bond acceptors (Lipinski definition) is 5. The van der Waals surface area contributed by atoms with Gasteiger partial charge in [0.05, 0.1) is 12.4 Å². The maximum absolute atomic E-state index is 12.4. The standard InChI is InChI=1S/C15H15N3O3S/c19-14(12-7-17-13(8-16-12)15(20)21)18-4-1-10(2-5-18)11-3-6-22-9-11/h3,6-10H,1-2,4-5H2,(H,20,21). The summed E-state index contributed by atoms with van der Waals surface area (Å²) in [5, 5.41) is 13.0. The molecule has 2 aromatic heterocycles. The SMILES string of the molecule is O=C(O)c1cnc(C(=O)N2CCC(c3ccsc3)CC2)cn1. The van der Waals surface area contributed by atoms with Gasteiger partial charge in [0, 0.05) is 13.1 Å². The first kappa shape index (κ1) is 14.6. The van der Waals surface area contributed by atoms with Crippen LogP contribution in [0.15, 0.2) is 29.2 Å². The van der Waals surface area contributed by atoms with Crippen molar-refractivity contribution in [3.05, 3.63) is 46.2 Å². The highest BCUT2D eigenvalue weighted by atomic mass is 32.1. The Morgan fingerprint density at radius 1 is 1.18 bits per heavy atom. The van der Waals surface area contributed by atoms with Gasteiger partial charge in [-0.2, -0.15) is 11.3 Å². The number of piperidine rings is 1. The molecule has 0 aliphatic carbocycles. The Balaban J connectivity index is 1.63. The molecule has 22 heavy (non-hydrogen) atoms. The largest absolute Gasteiger partial charge is 0.476 e. The van der Waals surface area contributed by atoms with Crippen LogP contribution in [0.25, 0.3) is 0 Å². The molecule has 0 bridgehead atoms. The molecule has 3 heterocycles. The van der Waals surface area contributed by atoms with Gasteiger partial charge in [-0.25, -0.2) is 14.8 Å². The summed E-state index contributed by atoms with van der Waals surface area (Å²) in [6.07, 6.45) is 4.22. The van der Waals surface area contributed by atoms with Gasteiger partial charge in [0.15, 0.2) is 5.69 Å². The minimum absolute atomic E-state index is 0.160. The van der Waals surface area contributed by atoms with Gasteiger partial charge in [0.25, 0.3) is 5.91 Å². The number of carbonyl (C=O) groups is 2. The van der Waals surface area contributed by atoms with Crippen LogP contribution in [-0.2, 0) is 0 Å². The van der Waals surface area contributed by atoms with E-state index < -0.39 is 5.97 Å². The van der Waals surface area contributed by atoms with Crippen molar-refractivity contribution in [3.8, 4) is 0 Å². The molecule has 6 nitrogen and oxygen atoms in total. The average molecular weight is 317 g/mol. The van der Waals surface area contributed by atoms with Crippen LogP contribution in [0.1, 0.15) is 45.3 Å². The molecule has 2 aromatic rings. The van der Waals surface area contributed by atoms with Gasteiger partial charge in [-0.3, -0.25) is 4.79 Å². The third kappa shape index (κ3) is 2.99. The van der Waals surface area contributed by atoms with E-state index in [4.69, 9.17) is 5.11 Å². The lowest BCUT2D eigenvalue weighted by atomic mass is 9.91. The number of thiophene rings is 1. The van der Waals surface area contributed by atoms with Crippen molar-refractivity contribution in [1.29, 1.82) is 0 Å². The number of nitrogens with zero attached hydrogens (tertiary/aromatic N) is 3. The third-order valence-corrected chi connectivity index (χ3v) is 4.59. The summed E-state index contributed by atoms with van der Waals surface area (Å²) < 4.78 is 0. The second-order valence-corrected chi connectivity index (χ2v) is 6.00. The molecule has 0 unspecified atom stereocenters. The Morgan fingerprint density at radius 3 is 2.41 bits per heavy atom. The summed E-state index contributed by atoms with van der Waals surface area (Å²) in [6.45, 7) is 1.36. The first-order valence-corrected chi connectivity index (χ1v) is 7.96. The fourth-order valence-corrected chi connectivity index (χ4v) is 3.38. The van der Waals surface area contributed by atoms with Crippen LogP contribution in [0.2, 0.25) is 0 Å². The Hall–Kier alpha value is -2.28. The van der Waals surface area contributed by atoms with Gasteiger partial charge in [-0.15, -0.1) is 0 Å². The summed E-state index contributed by atoms with van der Waals surface area (Å²) in [6, 6.07) is 2.14. The zero-order valence-corrected chi connectivity index (χ0v) is 12.6. The van der Waals surface area contributed by atoms with Gasteiger partial charge < -0.3 is 10.0 Å². The van der Waals surface area contributed by atoms with Crippen LogP contribution < -0.4 is 0 Å². The second-order valence-electron chi connectivity index (χ2n) is 5.22. The van der Waals surface area contributed by atoms with Crippen molar-refractivity contribution < 1.29 is 14.7 Å². The number of hydrogen-bond donors (Lipinski definition) is 1. The van der Waals surface area contributed by atoms with Crippen molar-refractivity contribution in [3.63, 3.8) is 0 Å². The highest BCUT2D eigenvalue weighted by molar-refractivity contribution is 7.07. The number of amides is 1. The normalized spacial score (nSPS) is 15.7. The Bertz CT molecular complexity index is 662. The molecule has 1 saturated heterocycles. The smallest absolute Gasteiger partial charge is 0.356 e. The minimum Gasteiger partial charge on any atom is -0.476 e. The molecule has 1 aliphatic rings. The first-order valence-electron chi connectivity index (χ1n) is 7.02. The van der Waals surface area contributed by atoms with Gasteiger partial charge in [0.2, 0.25) is 0 Å². The van der Waals surface area contributed by atoms with E-state index in [1.165, 1.54) is 11.8 Å². The lowest BCUT2D eigenvalue weighted by molar-refractivity contribution is 0.0679. The Labute approximate surface area is 131 Å². The van der Waals surface area contributed by atoms with Crippen molar-refractivity contribution in [2.24, 2.45) is 0 Å². The number of carbonyl (C=O) groups excluding carboxylic acids is 1. The summed E-state index contributed by atoms with van der Waals surface area (Å²) in [5.41, 5.74) is 1.38. The molecule has 0 saturated carbocycles. The van der Waals surface area contributed by atoms with Gasteiger partial charge in [0.1, 0.15) is 5.69 Å². The quantitative estimate of drug-likeness (QED) is 0.938. The maximum atomic E-state index is 12.4. The fraction of sp³-hybridized carbons (Fsp3) is 0.333. The lowest BCUT2D eigenvalue weighted by Gasteiger charge is -2.31. The van der Waals surface area contributed by atoms with E-state index in [-0.39, 0.29) is 17.3 Å². The van der Waals surface area contributed by atoms with Gasteiger partial charge in [-0.05, 0) is 41.1 Å².